The molecule has 1 unspecified atom stereocenters. The number of halogens is 2. The third-order valence-corrected chi connectivity index (χ3v) is 5.49. The molecule has 7 N–H and O–H groups in total. The number of unbranched alkanes of at least 4 members (excludes halogenated alkanes) is 1. The summed E-state index contributed by atoms with van der Waals surface area (Å²) in [7, 11) is 0. The molecule has 0 saturated heterocycles. The van der Waals surface area contributed by atoms with E-state index in [-0.39, 0.29) is 43.4 Å². The highest BCUT2D eigenvalue weighted by molar-refractivity contribution is 5.78. The van der Waals surface area contributed by atoms with E-state index in [9.17, 15) is 9.90 Å². The summed E-state index contributed by atoms with van der Waals surface area (Å²) in [6, 6.07) is -0.370. The van der Waals surface area contributed by atoms with E-state index in [2.05, 4.69) is 11.5 Å². The van der Waals surface area contributed by atoms with Gasteiger partial charge in [0, 0.05) is 12.0 Å². The zero-order valence-corrected chi connectivity index (χ0v) is 18.9. The number of benzene rings is 1. The summed E-state index contributed by atoms with van der Waals surface area (Å²) in [6.45, 7) is 8.67. The second kappa shape index (κ2) is 11.2. The van der Waals surface area contributed by atoms with E-state index in [0.29, 0.717) is 12.2 Å². The zero-order valence-electron chi connectivity index (χ0n) is 17.4. The summed E-state index contributed by atoms with van der Waals surface area (Å²) in [5.74, 6) is 1.18. The number of rotatable bonds is 7. The minimum atomic E-state index is -0.554. The van der Waals surface area contributed by atoms with Crippen molar-refractivity contribution in [3.63, 3.8) is 0 Å². The fourth-order valence-electron chi connectivity index (χ4n) is 3.42. The van der Waals surface area contributed by atoms with Gasteiger partial charge in [-0.25, -0.2) is 4.79 Å². The fourth-order valence-corrected chi connectivity index (χ4v) is 3.42. The van der Waals surface area contributed by atoms with Gasteiger partial charge in [0.2, 0.25) is 0 Å². The van der Waals surface area contributed by atoms with Crippen LogP contribution in [0.4, 0.5) is 0 Å². The van der Waals surface area contributed by atoms with Crippen LogP contribution in [0.3, 0.4) is 0 Å². The lowest BCUT2D eigenvalue weighted by Crippen LogP contribution is -3.00. The SMILES string of the molecule is Cc1c(C)c2c(c(C)c1OC(=O)[C@@H]([NH3+])CCCC[NH3+])CCC(C)(CO)O2.[Cl-].[Cl-]. The molecule has 0 radical (unpaired) electrons. The Morgan fingerprint density at radius 1 is 1.21 bits per heavy atom. The minimum absolute atomic E-state index is 0. The van der Waals surface area contributed by atoms with Crippen molar-refractivity contribution < 1.29 is 55.7 Å². The van der Waals surface area contributed by atoms with Gasteiger partial charge in [0.25, 0.3) is 0 Å². The summed E-state index contributed by atoms with van der Waals surface area (Å²) in [5.41, 5.74) is 11.1. The molecule has 0 saturated carbocycles. The molecule has 0 fully saturated rings. The molecule has 0 aliphatic carbocycles. The average molecular weight is 437 g/mol. The second-order valence-electron chi connectivity index (χ2n) is 7.69. The number of fused-ring (bicyclic) bond motifs is 1. The van der Waals surface area contributed by atoms with Crippen molar-refractivity contribution in [2.24, 2.45) is 0 Å². The molecule has 1 aliphatic heterocycles. The Balaban J connectivity index is 0.00000364. The van der Waals surface area contributed by atoms with Crippen LogP contribution in [-0.4, -0.2) is 35.9 Å². The molecule has 1 heterocycles. The van der Waals surface area contributed by atoms with E-state index >= 15 is 0 Å². The molecule has 8 heteroatoms. The molecule has 0 aromatic heterocycles. The van der Waals surface area contributed by atoms with Crippen LogP contribution < -0.4 is 45.8 Å². The van der Waals surface area contributed by atoms with Crippen molar-refractivity contribution in [1.29, 1.82) is 0 Å². The van der Waals surface area contributed by atoms with Crippen LogP contribution in [-0.2, 0) is 11.2 Å². The number of esters is 1. The van der Waals surface area contributed by atoms with E-state index in [4.69, 9.17) is 9.47 Å². The van der Waals surface area contributed by atoms with Crippen LogP contribution in [0.5, 0.6) is 11.5 Å². The summed E-state index contributed by atoms with van der Waals surface area (Å²) in [5, 5.41) is 9.62. The predicted octanol–water partition coefficient (Wildman–Crippen LogP) is -5.38. The minimum Gasteiger partial charge on any atom is -1.00 e. The first-order chi connectivity index (χ1) is 12.2. The molecular formula is C20H34Cl2N2O4. The van der Waals surface area contributed by atoms with Gasteiger partial charge in [0.15, 0.2) is 6.04 Å². The molecule has 1 aromatic carbocycles. The molecule has 1 aromatic rings. The largest absolute Gasteiger partial charge is 1.00 e. The third kappa shape index (κ3) is 5.74. The number of aliphatic hydroxyl groups is 1. The maximum Gasteiger partial charge on any atom is 0.370 e. The standard InChI is InChI=1S/C20H32N2O4.2ClH/c1-12-13(2)18-15(8-9-20(4,11-23)26-18)14(3)17(12)25-19(24)16(22)7-5-6-10-21;;/h16,23H,5-11,21-22H2,1-4H3;2*1H/t16-,20?;;/m0../s1. The first-order valence-electron chi connectivity index (χ1n) is 9.50. The molecule has 6 nitrogen and oxygen atoms in total. The number of aliphatic hydroxyl groups excluding tert-OH is 1. The second-order valence-corrected chi connectivity index (χ2v) is 7.69. The highest BCUT2D eigenvalue weighted by Gasteiger charge is 2.35. The molecule has 2 atom stereocenters. The number of hydrogen-bond acceptors (Lipinski definition) is 4. The van der Waals surface area contributed by atoms with Crippen LogP contribution in [0.2, 0.25) is 0 Å². The highest BCUT2D eigenvalue weighted by Crippen LogP contribution is 2.43. The van der Waals surface area contributed by atoms with E-state index in [1.165, 1.54) is 0 Å². The van der Waals surface area contributed by atoms with Gasteiger partial charge in [-0.15, -0.1) is 0 Å². The highest BCUT2D eigenvalue weighted by atomic mass is 35.5. The van der Waals surface area contributed by atoms with E-state index < -0.39 is 5.60 Å². The van der Waals surface area contributed by atoms with Crippen LogP contribution in [0.15, 0.2) is 0 Å². The molecule has 0 spiro atoms. The lowest BCUT2D eigenvalue weighted by Gasteiger charge is -2.36. The van der Waals surface area contributed by atoms with Crippen molar-refractivity contribution >= 4 is 5.97 Å². The maximum atomic E-state index is 12.5. The quantitative estimate of drug-likeness (QED) is 0.225. The van der Waals surface area contributed by atoms with E-state index in [0.717, 1.165) is 60.2 Å². The van der Waals surface area contributed by atoms with Gasteiger partial charge in [-0.05, 0) is 70.1 Å². The lowest BCUT2D eigenvalue weighted by molar-refractivity contribution is -0.409. The monoisotopic (exact) mass is 436 g/mol. The van der Waals surface area contributed by atoms with Crippen molar-refractivity contribution in [2.45, 2.75) is 71.4 Å². The average Bonchev–Trinajstić information content (AvgIpc) is 2.63. The van der Waals surface area contributed by atoms with Gasteiger partial charge in [-0.1, -0.05) is 0 Å². The molecule has 0 bridgehead atoms. The molecule has 0 amide bonds. The first kappa shape index (κ1) is 27.0. The van der Waals surface area contributed by atoms with Gasteiger partial charge in [0.05, 0.1) is 13.2 Å². The van der Waals surface area contributed by atoms with Crippen molar-refractivity contribution in [3.8, 4) is 11.5 Å². The van der Waals surface area contributed by atoms with Gasteiger partial charge in [0.1, 0.15) is 17.1 Å². The number of hydrogen-bond donors (Lipinski definition) is 3. The Morgan fingerprint density at radius 3 is 2.43 bits per heavy atom. The Morgan fingerprint density at radius 2 is 1.86 bits per heavy atom. The van der Waals surface area contributed by atoms with E-state index in [1.807, 2.05) is 27.7 Å². The maximum absolute atomic E-state index is 12.5. The molecule has 2 rings (SSSR count). The number of carbonyl (C=O) groups excluding carboxylic acids is 1. The third-order valence-electron chi connectivity index (χ3n) is 5.49. The van der Waals surface area contributed by atoms with Gasteiger partial charge in [-0.3, -0.25) is 0 Å². The topological polar surface area (TPSA) is 111 Å². The van der Waals surface area contributed by atoms with Gasteiger partial charge < -0.3 is 50.9 Å². The summed E-state index contributed by atoms with van der Waals surface area (Å²) in [4.78, 5) is 12.5. The lowest BCUT2D eigenvalue weighted by atomic mass is 9.87. The van der Waals surface area contributed by atoms with Gasteiger partial charge in [-0.2, -0.15) is 0 Å². The Hall–Kier alpha value is -1.05. The summed E-state index contributed by atoms with van der Waals surface area (Å²) < 4.78 is 11.9. The van der Waals surface area contributed by atoms with Crippen LogP contribution >= 0.6 is 0 Å². The number of quaternary nitrogens is 2. The van der Waals surface area contributed by atoms with E-state index in [1.54, 1.807) is 0 Å². The molecule has 1 aliphatic rings. The number of carbonyl (C=O) groups is 1. The smallest absolute Gasteiger partial charge is 0.370 e. The Labute approximate surface area is 180 Å². The number of ether oxygens (including phenoxy) is 2. The van der Waals surface area contributed by atoms with Crippen LogP contribution in [0, 0.1) is 20.8 Å². The van der Waals surface area contributed by atoms with Crippen molar-refractivity contribution in [1.82, 2.24) is 0 Å². The Kier molecular flexibility index (Phi) is 10.8. The summed E-state index contributed by atoms with van der Waals surface area (Å²) in [6.07, 6.45) is 4.17. The van der Waals surface area contributed by atoms with Crippen molar-refractivity contribution in [2.75, 3.05) is 13.2 Å². The molecular weight excluding hydrogens is 403 g/mol. The fraction of sp³-hybridized carbons (Fsp3) is 0.650. The van der Waals surface area contributed by atoms with Crippen LogP contribution in [0.25, 0.3) is 0 Å². The molecule has 162 valence electrons. The zero-order chi connectivity index (χ0) is 19.5. The Bertz CT molecular complexity index is 685. The summed E-state index contributed by atoms with van der Waals surface area (Å²) >= 11 is 0. The van der Waals surface area contributed by atoms with Crippen molar-refractivity contribution in [3.05, 3.63) is 22.3 Å². The predicted molar refractivity (Wildman–Crippen MR) is 99.0 cm³/mol. The van der Waals surface area contributed by atoms with Crippen LogP contribution in [0.1, 0.15) is 54.9 Å². The normalized spacial score (nSPS) is 18.8. The first-order valence-corrected chi connectivity index (χ1v) is 9.50. The molecule has 28 heavy (non-hydrogen) atoms. The van der Waals surface area contributed by atoms with Gasteiger partial charge >= 0.3 is 5.97 Å².